The largest absolute Gasteiger partial charge is 0.355 e. The van der Waals surface area contributed by atoms with Gasteiger partial charge in [-0.1, -0.05) is 0 Å². The zero-order valence-electron chi connectivity index (χ0n) is 12.7. The molecule has 3 rings (SSSR count). The van der Waals surface area contributed by atoms with Gasteiger partial charge >= 0.3 is 0 Å². The van der Waals surface area contributed by atoms with E-state index in [1.54, 1.807) is 4.68 Å². The molecule has 0 bridgehead atoms. The molecule has 3 heterocycles. The smallest absolute Gasteiger partial charge is 0.225 e. The summed E-state index contributed by atoms with van der Waals surface area (Å²) in [5.74, 6) is 4.05. The van der Waals surface area contributed by atoms with Crippen LogP contribution in [0.4, 0.5) is 0 Å². The van der Waals surface area contributed by atoms with Crippen molar-refractivity contribution in [2.45, 2.75) is 11.2 Å². The molecule has 22 heavy (non-hydrogen) atoms. The number of halogens is 1. The van der Waals surface area contributed by atoms with E-state index < -0.39 is 0 Å². The molecule has 2 aliphatic rings. The van der Waals surface area contributed by atoms with Crippen molar-refractivity contribution in [1.29, 1.82) is 0 Å². The number of carbonyl (C=O) groups excluding carboxylic acids is 1. The van der Waals surface area contributed by atoms with Gasteiger partial charge in [-0.2, -0.15) is 28.6 Å². The molecule has 2 saturated heterocycles. The summed E-state index contributed by atoms with van der Waals surface area (Å²) in [6.07, 6.45) is 3.90. The van der Waals surface area contributed by atoms with Crippen molar-refractivity contribution in [3.63, 3.8) is 0 Å². The predicted molar refractivity (Wildman–Crippen MR) is 96.1 cm³/mol. The van der Waals surface area contributed by atoms with Gasteiger partial charge in [0.05, 0.1) is 12.1 Å². The maximum Gasteiger partial charge on any atom is 0.225 e. The lowest BCUT2D eigenvalue weighted by atomic mass is 9.90. The van der Waals surface area contributed by atoms with E-state index in [0.717, 1.165) is 31.0 Å². The number of amides is 1. The van der Waals surface area contributed by atoms with Crippen LogP contribution in [0.25, 0.3) is 0 Å². The quantitative estimate of drug-likeness (QED) is 0.840. The zero-order valence-corrected chi connectivity index (χ0v) is 15.1. The van der Waals surface area contributed by atoms with Gasteiger partial charge in [-0.05, 0) is 5.56 Å². The summed E-state index contributed by atoms with van der Waals surface area (Å²) in [4.78, 5) is 12.5. The molecule has 0 spiro atoms. The lowest BCUT2D eigenvalue weighted by Gasteiger charge is -2.23. The molecular weight excluding hydrogens is 340 g/mol. The van der Waals surface area contributed by atoms with E-state index in [0.29, 0.717) is 5.25 Å². The average Bonchev–Trinajstić information content (AvgIpc) is 3.14. The third-order valence-corrected chi connectivity index (χ3v) is 6.94. The Balaban J connectivity index is 0.00000176. The van der Waals surface area contributed by atoms with E-state index in [9.17, 15) is 4.79 Å². The molecule has 2 fully saturated rings. The van der Waals surface area contributed by atoms with Crippen LogP contribution in [0.2, 0.25) is 0 Å². The van der Waals surface area contributed by atoms with Crippen LogP contribution in [0.15, 0.2) is 12.4 Å². The van der Waals surface area contributed by atoms with E-state index in [4.69, 9.17) is 0 Å². The number of carbonyl (C=O) groups is 1. The third kappa shape index (κ3) is 4.34. The highest BCUT2D eigenvalue weighted by Gasteiger charge is 2.34. The minimum absolute atomic E-state index is 0. The van der Waals surface area contributed by atoms with Crippen molar-refractivity contribution in [3.05, 3.63) is 18.0 Å². The van der Waals surface area contributed by atoms with Gasteiger partial charge in [0, 0.05) is 61.3 Å². The molecule has 1 aromatic rings. The number of thioether (sulfide) groups is 2. The SMILES string of the molecule is Cl.Cn1cc([C@H]2CNC[C@@H]2C(=O)NCC2CSCCS2)cn1. The van der Waals surface area contributed by atoms with Crippen LogP contribution >= 0.6 is 35.9 Å². The average molecular weight is 363 g/mol. The molecule has 0 saturated carbocycles. The minimum atomic E-state index is 0. The molecule has 0 radical (unpaired) electrons. The number of hydrogen-bond acceptors (Lipinski definition) is 5. The third-order valence-electron chi connectivity index (χ3n) is 4.09. The van der Waals surface area contributed by atoms with Crippen molar-refractivity contribution in [1.82, 2.24) is 20.4 Å². The molecule has 124 valence electrons. The summed E-state index contributed by atoms with van der Waals surface area (Å²) < 4.78 is 1.80. The monoisotopic (exact) mass is 362 g/mol. The van der Waals surface area contributed by atoms with Gasteiger partial charge in [0.2, 0.25) is 5.91 Å². The second-order valence-electron chi connectivity index (χ2n) is 5.63. The second-order valence-corrected chi connectivity index (χ2v) is 8.19. The molecule has 2 N–H and O–H groups in total. The molecule has 3 atom stereocenters. The number of hydrogen-bond donors (Lipinski definition) is 2. The Morgan fingerprint density at radius 3 is 3.05 bits per heavy atom. The number of nitrogens with zero attached hydrogens (tertiary/aromatic N) is 2. The summed E-state index contributed by atoms with van der Waals surface area (Å²) in [6.45, 7) is 2.42. The first-order chi connectivity index (χ1) is 10.2. The van der Waals surface area contributed by atoms with E-state index in [1.165, 1.54) is 11.5 Å². The van der Waals surface area contributed by atoms with Gasteiger partial charge in [-0.15, -0.1) is 12.4 Å². The van der Waals surface area contributed by atoms with Crippen LogP contribution < -0.4 is 10.6 Å². The maximum atomic E-state index is 12.5. The van der Waals surface area contributed by atoms with Crippen LogP contribution in [0, 0.1) is 5.92 Å². The minimum Gasteiger partial charge on any atom is -0.355 e. The Morgan fingerprint density at radius 2 is 2.36 bits per heavy atom. The summed E-state index contributed by atoms with van der Waals surface area (Å²) in [7, 11) is 1.92. The second kappa shape index (κ2) is 8.47. The van der Waals surface area contributed by atoms with Gasteiger partial charge in [-0.3, -0.25) is 9.48 Å². The van der Waals surface area contributed by atoms with E-state index in [2.05, 4.69) is 15.7 Å². The van der Waals surface area contributed by atoms with Crippen molar-refractivity contribution in [2.75, 3.05) is 36.9 Å². The standard InChI is InChI=1S/C14H22N4OS2.ClH/c1-18-8-10(4-17-18)12-6-15-7-13(12)14(19)16-5-11-9-20-2-3-21-11;/h4,8,11-13,15H,2-3,5-7,9H2,1H3,(H,16,19);1H/t11?,12-,13+;/m1./s1. The highest BCUT2D eigenvalue weighted by atomic mass is 35.5. The van der Waals surface area contributed by atoms with E-state index >= 15 is 0 Å². The van der Waals surface area contributed by atoms with Crippen molar-refractivity contribution in [3.8, 4) is 0 Å². The predicted octanol–water partition coefficient (Wildman–Crippen LogP) is 1.11. The molecule has 8 heteroatoms. The summed E-state index contributed by atoms with van der Waals surface area (Å²) in [6, 6.07) is 0. The van der Waals surface area contributed by atoms with Crippen molar-refractivity contribution in [2.24, 2.45) is 13.0 Å². The van der Waals surface area contributed by atoms with Crippen LogP contribution in [0.5, 0.6) is 0 Å². The van der Waals surface area contributed by atoms with Crippen molar-refractivity contribution < 1.29 is 4.79 Å². The number of nitrogens with one attached hydrogen (secondary N) is 2. The summed E-state index contributed by atoms with van der Waals surface area (Å²) >= 11 is 3.98. The normalized spacial score (nSPS) is 28.1. The fraction of sp³-hybridized carbons (Fsp3) is 0.714. The Hall–Kier alpha value is -0.370. The Morgan fingerprint density at radius 1 is 1.50 bits per heavy atom. The molecule has 1 aromatic heterocycles. The Bertz CT molecular complexity index is 493. The number of aryl methyl sites for hydroxylation is 1. The molecule has 0 aliphatic carbocycles. The first-order valence-corrected chi connectivity index (χ1v) is 9.60. The first kappa shape index (κ1) is 18.0. The lowest BCUT2D eigenvalue weighted by molar-refractivity contribution is -0.124. The Kier molecular flexibility index (Phi) is 6.92. The van der Waals surface area contributed by atoms with E-state index in [-0.39, 0.29) is 30.2 Å². The zero-order chi connectivity index (χ0) is 14.7. The Labute approximate surface area is 146 Å². The molecule has 1 unspecified atom stereocenters. The molecule has 2 aliphatic heterocycles. The highest BCUT2D eigenvalue weighted by Crippen LogP contribution is 2.28. The lowest BCUT2D eigenvalue weighted by Crippen LogP contribution is -2.39. The van der Waals surface area contributed by atoms with E-state index in [1.807, 2.05) is 43.0 Å². The highest BCUT2D eigenvalue weighted by molar-refractivity contribution is 8.06. The van der Waals surface area contributed by atoms with Gasteiger partial charge in [0.1, 0.15) is 0 Å². The summed E-state index contributed by atoms with van der Waals surface area (Å²) in [5.41, 5.74) is 1.16. The fourth-order valence-corrected chi connectivity index (χ4v) is 5.55. The number of rotatable bonds is 4. The van der Waals surface area contributed by atoms with Crippen LogP contribution in [0.1, 0.15) is 11.5 Å². The fourth-order valence-electron chi connectivity index (χ4n) is 2.94. The van der Waals surface area contributed by atoms with Gasteiger partial charge in [0.15, 0.2) is 0 Å². The summed E-state index contributed by atoms with van der Waals surface area (Å²) in [5, 5.41) is 11.3. The van der Waals surface area contributed by atoms with Crippen molar-refractivity contribution >= 4 is 41.8 Å². The number of aromatic nitrogens is 2. The van der Waals surface area contributed by atoms with Gasteiger partial charge in [-0.25, -0.2) is 0 Å². The van der Waals surface area contributed by atoms with Crippen LogP contribution in [0.3, 0.4) is 0 Å². The molecular formula is C14H23ClN4OS2. The maximum absolute atomic E-state index is 12.5. The first-order valence-electron chi connectivity index (χ1n) is 7.40. The molecule has 5 nitrogen and oxygen atoms in total. The van der Waals surface area contributed by atoms with Crippen LogP contribution in [-0.4, -0.2) is 57.8 Å². The molecule has 1 amide bonds. The van der Waals surface area contributed by atoms with Gasteiger partial charge in [0.25, 0.3) is 0 Å². The molecule has 0 aromatic carbocycles. The van der Waals surface area contributed by atoms with Gasteiger partial charge < -0.3 is 10.6 Å². The topological polar surface area (TPSA) is 59.0 Å². The van der Waals surface area contributed by atoms with Crippen LogP contribution in [-0.2, 0) is 11.8 Å².